The molecule has 0 saturated carbocycles. The zero-order chi connectivity index (χ0) is 20.8. The van der Waals surface area contributed by atoms with E-state index in [4.69, 9.17) is 33.0 Å². The lowest BCUT2D eigenvalue weighted by molar-refractivity contribution is -0.384. The Balaban J connectivity index is 1.60. The van der Waals surface area contributed by atoms with Gasteiger partial charge in [-0.2, -0.15) is 5.10 Å². The minimum Gasteiger partial charge on any atom is -0.464 e. The van der Waals surface area contributed by atoms with Crippen molar-refractivity contribution < 1.29 is 9.66 Å². The van der Waals surface area contributed by atoms with Crippen LogP contribution >= 0.6 is 23.2 Å². The van der Waals surface area contributed by atoms with Gasteiger partial charge in [-0.1, -0.05) is 59.6 Å². The highest BCUT2D eigenvalue weighted by atomic mass is 35.5. The lowest BCUT2D eigenvalue weighted by Gasteiger charge is -2.38. The van der Waals surface area contributed by atoms with Gasteiger partial charge in [0.2, 0.25) is 6.23 Å². The first-order valence-corrected chi connectivity index (χ1v) is 10.1. The molecule has 2 atom stereocenters. The third-order valence-electron chi connectivity index (χ3n) is 5.33. The highest BCUT2D eigenvalue weighted by Crippen LogP contribution is 2.48. The molecule has 0 spiro atoms. The molecular weight excluding hydrogens is 425 g/mol. The largest absolute Gasteiger partial charge is 0.464 e. The van der Waals surface area contributed by atoms with Crippen LogP contribution in [-0.4, -0.2) is 15.6 Å². The number of hydrogen-bond acceptors (Lipinski definition) is 5. The topological polar surface area (TPSA) is 68.0 Å². The van der Waals surface area contributed by atoms with Gasteiger partial charge in [0.05, 0.1) is 16.7 Å². The van der Waals surface area contributed by atoms with Crippen LogP contribution in [0.15, 0.2) is 71.8 Å². The van der Waals surface area contributed by atoms with Crippen molar-refractivity contribution in [2.75, 3.05) is 0 Å². The molecule has 0 fully saturated rings. The van der Waals surface area contributed by atoms with Gasteiger partial charge < -0.3 is 4.74 Å². The number of benzene rings is 3. The second-order valence-corrected chi connectivity index (χ2v) is 7.97. The molecule has 0 bridgehead atoms. The Morgan fingerprint density at radius 2 is 1.83 bits per heavy atom. The predicted molar refractivity (Wildman–Crippen MR) is 115 cm³/mol. The van der Waals surface area contributed by atoms with Gasteiger partial charge in [0.15, 0.2) is 0 Å². The van der Waals surface area contributed by atoms with Crippen LogP contribution < -0.4 is 4.74 Å². The maximum Gasteiger partial charge on any atom is 0.288 e. The van der Waals surface area contributed by atoms with Gasteiger partial charge in [0.25, 0.3) is 5.69 Å². The minimum atomic E-state index is -0.606. The molecule has 0 saturated heterocycles. The summed E-state index contributed by atoms with van der Waals surface area (Å²) in [6.07, 6.45) is 0.0828. The smallest absolute Gasteiger partial charge is 0.288 e. The average molecular weight is 440 g/mol. The van der Waals surface area contributed by atoms with Gasteiger partial charge in [-0.25, -0.2) is 5.01 Å². The SMILES string of the molecule is O=[N+]([O-])c1cc([C@@H]2Oc3ccccc3[C@H]3CC(c4ccc(Cl)cc4)=NN32)ccc1Cl. The summed E-state index contributed by atoms with van der Waals surface area (Å²) >= 11 is 12.0. The highest BCUT2D eigenvalue weighted by molar-refractivity contribution is 6.32. The Hall–Kier alpha value is -3.09. The maximum absolute atomic E-state index is 11.4. The van der Waals surface area contributed by atoms with Gasteiger partial charge in [0, 0.05) is 28.6 Å². The van der Waals surface area contributed by atoms with E-state index in [0.29, 0.717) is 17.0 Å². The molecule has 8 heteroatoms. The van der Waals surface area contributed by atoms with E-state index >= 15 is 0 Å². The van der Waals surface area contributed by atoms with E-state index in [-0.39, 0.29) is 16.8 Å². The quantitative estimate of drug-likeness (QED) is 0.362. The third-order valence-corrected chi connectivity index (χ3v) is 5.90. The first-order chi connectivity index (χ1) is 14.5. The van der Waals surface area contributed by atoms with E-state index in [1.165, 1.54) is 12.1 Å². The number of rotatable bonds is 3. The van der Waals surface area contributed by atoms with Gasteiger partial charge in [-0.15, -0.1) is 0 Å². The fourth-order valence-electron chi connectivity index (χ4n) is 3.89. The molecule has 0 aliphatic carbocycles. The predicted octanol–water partition coefficient (Wildman–Crippen LogP) is 6.14. The average Bonchev–Trinajstić information content (AvgIpc) is 3.19. The minimum absolute atomic E-state index is 0.0413. The molecule has 3 aromatic rings. The summed E-state index contributed by atoms with van der Waals surface area (Å²) in [7, 11) is 0. The van der Waals surface area contributed by atoms with Crippen LogP contribution in [0, 0.1) is 10.1 Å². The molecule has 2 aliphatic heterocycles. The Bertz CT molecular complexity index is 1180. The molecule has 0 N–H and O–H groups in total. The van der Waals surface area contributed by atoms with Gasteiger partial charge in [-0.3, -0.25) is 10.1 Å². The fraction of sp³-hybridized carbons (Fsp3) is 0.136. The molecule has 0 radical (unpaired) electrons. The second kappa shape index (κ2) is 7.31. The van der Waals surface area contributed by atoms with Crippen LogP contribution in [0.5, 0.6) is 5.75 Å². The van der Waals surface area contributed by atoms with Crippen LogP contribution in [0.3, 0.4) is 0 Å². The van der Waals surface area contributed by atoms with E-state index in [9.17, 15) is 10.1 Å². The van der Waals surface area contributed by atoms with E-state index in [1.807, 2.05) is 53.5 Å². The van der Waals surface area contributed by atoms with Crippen molar-refractivity contribution >= 4 is 34.6 Å². The normalized spacial score (nSPS) is 19.5. The molecule has 0 unspecified atom stereocenters. The molecule has 2 aliphatic rings. The second-order valence-electron chi connectivity index (χ2n) is 7.13. The van der Waals surface area contributed by atoms with Crippen LogP contribution in [-0.2, 0) is 0 Å². The van der Waals surface area contributed by atoms with Crippen molar-refractivity contribution in [3.05, 3.63) is 104 Å². The Morgan fingerprint density at radius 1 is 1.07 bits per heavy atom. The van der Waals surface area contributed by atoms with E-state index in [0.717, 1.165) is 22.6 Å². The molecule has 3 aromatic carbocycles. The van der Waals surface area contributed by atoms with Gasteiger partial charge in [0.1, 0.15) is 10.8 Å². The van der Waals surface area contributed by atoms with Gasteiger partial charge in [-0.05, 0) is 29.8 Å². The van der Waals surface area contributed by atoms with Crippen molar-refractivity contribution in [3.63, 3.8) is 0 Å². The zero-order valence-electron chi connectivity index (χ0n) is 15.5. The molecule has 150 valence electrons. The number of ether oxygens (including phenoxy) is 1. The van der Waals surface area contributed by atoms with Crippen molar-refractivity contribution in [2.45, 2.75) is 18.7 Å². The standard InChI is InChI=1S/C22H15Cl2N3O3/c23-15-8-5-13(6-9-15)18-12-19-16-3-1-2-4-21(16)30-22(26(19)25-18)14-7-10-17(24)20(11-14)27(28)29/h1-11,19,22H,12H2/t19-,22+/m1/s1. The first kappa shape index (κ1) is 18.9. The summed E-state index contributed by atoms with van der Waals surface area (Å²) in [5.41, 5.74) is 3.38. The van der Waals surface area contributed by atoms with Gasteiger partial charge >= 0.3 is 0 Å². The molecule has 30 heavy (non-hydrogen) atoms. The molecule has 0 amide bonds. The number of halogens is 2. The van der Waals surface area contributed by atoms with Crippen LogP contribution in [0.25, 0.3) is 0 Å². The monoisotopic (exact) mass is 439 g/mol. The van der Waals surface area contributed by atoms with E-state index in [2.05, 4.69) is 0 Å². The third kappa shape index (κ3) is 3.18. The van der Waals surface area contributed by atoms with E-state index in [1.54, 1.807) is 6.07 Å². The van der Waals surface area contributed by atoms with Crippen LogP contribution in [0.2, 0.25) is 10.0 Å². The summed E-state index contributed by atoms with van der Waals surface area (Å²) in [5.74, 6) is 0.744. The summed E-state index contributed by atoms with van der Waals surface area (Å²) in [6, 6.07) is 20.0. The first-order valence-electron chi connectivity index (χ1n) is 9.32. The molecule has 2 heterocycles. The number of nitro groups is 1. The Kier molecular flexibility index (Phi) is 4.60. The molecule has 0 aromatic heterocycles. The van der Waals surface area contributed by atoms with Crippen LogP contribution in [0.1, 0.15) is 35.4 Å². The highest BCUT2D eigenvalue weighted by Gasteiger charge is 2.41. The Morgan fingerprint density at radius 3 is 2.60 bits per heavy atom. The summed E-state index contributed by atoms with van der Waals surface area (Å²) in [4.78, 5) is 10.9. The van der Waals surface area contributed by atoms with E-state index < -0.39 is 11.2 Å². The number of hydrazone groups is 1. The lowest BCUT2D eigenvalue weighted by atomic mass is 9.96. The zero-order valence-corrected chi connectivity index (χ0v) is 17.0. The number of para-hydroxylation sites is 1. The molecule has 5 rings (SSSR count). The Labute approximate surface area is 182 Å². The molecule has 6 nitrogen and oxygen atoms in total. The van der Waals surface area contributed by atoms with Crippen molar-refractivity contribution in [2.24, 2.45) is 5.10 Å². The van der Waals surface area contributed by atoms with Crippen molar-refractivity contribution in [3.8, 4) is 5.75 Å². The lowest BCUT2D eigenvalue weighted by Crippen LogP contribution is -2.33. The number of hydrogen-bond donors (Lipinski definition) is 0. The van der Waals surface area contributed by atoms with Crippen molar-refractivity contribution in [1.82, 2.24) is 5.01 Å². The number of nitro benzene ring substituents is 1. The number of fused-ring (bicyclic) bond motifs is 3. The molecular formula is C22H15Cl2N3O3. The van der Waals surface area contributed by atoms with Crippen molar-refractivity contribution in [1.29, 1.82) is 0 Å². The summed E-state index contributed by atoms with van der Waals surface area (Å²) < 4.78 is 6.24. The number of nitrogens with zero attached hydrogens (tertiary/aromatic N) is 3. The van der Waals surface area contributed by atoms with Crippen LogP contribution in [0.4, 0.5) is 5.69 Å². The maximum atomic E-state index is 11.4. The summed E-state index contributed by atoms with van der Waals surface area (Å²) in [6.45, 7) is 0. The fourth-order valence-corrected chi connectivity index (χ4v) is 4.21. The summed E-state index contributed by atoms with van der Waals surface area (Å²) in [5, 5.41) is 18.8.